The number of aryl methyl sites for hydroxylation is 1. The molecule has 7 rings (SSSR count). The topological polar surface area (TPSA) is 267 Å². The number of benzene rings is 7. The van der Waals surface area contributed by atoms with Crippen molar-refractivity contribution in [1.82, 2.24) is 0 Å². The molecule has 0 aliphatic carbocycles. The van der Waals surface area contributed by atoms with Gasteiger partial charge in [0.05, 0.1) is 40.5 Å². The highest BCUT2D eigenvalue weighted by Gasteiger charge is 2.32. The maximum Gasteiger partial charge on any atom is 0.417 e. The van der Waals surface area contributed by atoms with E-state index < -0.39 is 17.7 Å². The van der Waals surface area contributed by atoms with Crippen molar-refractivity contribution in [3.8, 4) is 34.5 Å². The molecule has 0 spiro atoms. The third-order valence-electron chi connectivity index (χ3n) is 8.76. The van der Waals surface area contributed by atoms with Crippen LogP contribution < -0.4 is 4.74 Å². The number of methoxy groups -OCH3 is 1. The molecule has 0 fully saturated rings. The molecule has 20 heteroatoms. The average molecular weight is 1090 g/mol. The number of carboxylic acids is 1. The maximum absolute atomic E-state index is 12.1. The number of rotatable bonds is 9. The number of carbonyl (C=O) groups excluding carboxylic acids is 7. The van der Waals surface area contributed by atoms with Crippen LogP contribution in [0.3, 0.4) is 0 Å². The fraction of sp³-hybridized carbons (Fsp3) is 0.0566. The molecular formula is C53H43BrClF3O15. The van der Waals surface area contributed by atoms with E-state index in [9.17, 15) is 51.5 Å². The van der Waals surface area contributed by atoms with Crippen molar-refractivity contribution in [3.63, 3.8) is 0 Å². The highest BCUT2D eigenvalue weighted by molar-refractivity contribution is 9.10. The summed E-state index contributed by atoms with van der Waals surface area (Å²) in [7, 11) is 1.50. The Labute approximate surface area is 428 Å². The first-order chi connectivity index (χ1) is 34.6. The number of hydrogen-bond donors (Lipinski definition) is 6. The first kappa shape index (κ1) is 62.1. The van der Waals surface area contributed by atoms with E-state index in [1.54, 1.807) is 30.3 Å². The molecule has 0 bridgehead atoms. The van der Waals surface area contributed by atoms with Crippen molar-refractivity contribution in [2.75, 3.05) is 7.11 Å². The normalized spacial score (nSPS) is 9.52. The number of aldehydes is 7. The Morgan fingerprint density at radius 1 is 0.507 bits per heavy atom. The first-order valence-corrected chi connectivity index (χ1v) is 21.4. The maximum atomic E-state index is 12.1. The number of aromatic hydroxyl groups is 5. The van der Waals surface area contributed by atoms with Crippen LogP contribution in [-0.4, -0.2) is 87.7 Å². The minimum absolute atomic E-state index is 0.0122. The van der Waals surface area contributed by atoms with Crippen molar-refractivity contribution >= 4 is 77.5 Å². The Morgan fingerprint density at radius 2 is 0.918 bits per heavy atom. The van der Waals surface area contributed by atoms with E-state index in [0.717, 1.165) is 34.0 Å². The molecule has 0 radical (unpaired) electrons. The summed E-state index contributed by atoms with van der Waals surface area (Å²) >= 11 is 8.69. The number of phenolic OH excluding ortho intramolecular Hbond substituents is 5. The summed E-state index contributed by atoms with van der Waals surface area (Å²) in [6.45, 7) is 1.92. The molecule has 7 aromatic rings. The zero-order valence-corrected chi connectivity index (χ0v) is 40.5. The quantitative estimate of drug-likeness (QED) is 0.0580. The lowest BCUT2D eigenvalue weighted by molar-refractivity contribution is -0.137. The molecule has 0 aliphatic heterocycles. The van der Waals surface area contributed by atoms with Gasteiger partial charge in [0.2, 0.25) is 0 Å². The predicted molar refractivity (Wildman–Crippen MR) is 267 cm³/mol. The molecule has 380 valence electrons. The van der Waals surface area contributed by atoms with Crippen LogP contribution in [0, 0.1) is 6.92 Å². The highest BCUT2D eigenvalue weighted by Crippen LogP contribution is 2.31. The number of carboxylic acid groups (broad SMARTS) is 1. The lowest BCUT2D eigenvalue weighted by Crippen LogP contribution is -2.08. The summed E-state index contributed by atoms with van der Waals surface area (Å²) in [5.41, 5.74) is 1.70. The molecular weight excluding hydrogens is 1050 g/mol. The summed E-state index contributed by atoms with van der Waals surface area (Å²) in [6.07, 6.45) is -0.618. The largest absolute Gasteiger partial charge is 0.508 e. The van der Waals surface area contributed by atoms with Gasteiger partial charge in [0, 0.05) is 26.2 Å². The molecule has 6 N–H and O–H groups in total. The van der Waals surface area contributed by atoms with E-state index in [2.05, 4.69) is 15.9 Å². The van der Waals surface area contributed by atoms with Crippen LogP contribution in [0.5, 0.6) is 34.5 Å². The molecule has 0 amide bonds. The van der Waals surface area contributed by atoms with Crippen molar-refractivity contribution in [2.45, 2.75) is 13.1 Å². The Balaban J connectivity index is 0.000000426. The van der Waals surface area contributed by atoms with Crippen molar-refractivity contribution in [3.05, 3.63) is 211 Å². The van der Waals surface area contributed by atoms with E-state index in [0.29, 0.717) is 47.8 Å². The molecule has 0 heterocycles. The van der Waals surface area contributed by atoms with Gasteiger partial charge in [-0.2, -0.15) is 13.2 Å². The lowest BCUT2D eigenvalue weighted by atomic mass is 10.1. The predicted octanol–water partition coefficient (Wildman–Crippen LogP) is 11.5. The number of alkyl halides is 3. The summed E-state index contributed by atoms with van der Waals surface area (Å²) in [6, 6.07) is 35.5. The van der Waals surface area contributed by atoms with Gasteiger partial charge >= 0.3 is 12.1 Å². The van der Waals surface area contributed by atoms with E-state index >= 15 is 0 Å². The average Bonchev–Trinajstić information content (AvgIpc) is 3.39. The van der Waals surface area contributed by atoms with Crippen LogP contribution in [0.15, 0.2) is 150 Å². The SMILES string of the molecule is COc1ccc(O)c(C=O)c1.Cc1ccccc1C=O.O=Cc1cc(Br)ccc1O.O=Cc1cc(Cl)ccc1O.O=Cc1cc(O)ccc1O.O=Cc1ccccc1C(=O)O.O=Cc1ccccc1C(F)(F)F. The van der Waals surface area contributed by atoms with Gasteiger partial charge in [-0.05, 0) is 97.4 Å². The molecule has 0 saturated heterocycles. The summed E-state index contributed by atoms with van der Waals surface area (Å²) in [5.74, 6) is -0.719. The van der Waals surface area contributed by atoms with Gasteiger partial charge < -0.3 is 35.4 Å². The Bertz CT molecular complexity index is 2830. The number of phenols is 5. The van der Waals surface area contributed by atoms with E-state index in [-0.39, 0.29) is 68.4 Å². The third-order valence-corrected chi connectivity index (χ3v) is 9.49. The van der Waals surface area contributed by atoms with Crippen molar-refractivity contribution in [2.24, 2.45) is 0 Å². The molecule has 15 nitrogen and oxygen atoms in total. The van der Waals surface area contributed by atoms with Crippen LogP contribution in [-0.2, 0) is 6.18 Å². The van der Waals surface area contributed by atoms with Crippen LogP contribution in [0.1, 0.15) is 94.0 Å². The van der Waals surface area contributed by atoms with Crippen molar-refractivity contribution < 1.29 is 86.9 Å². The Hall–Kier alpha value is -8.94. The number of aromatic carboxylic acids is 1. The van der Waals surface area contributed by atoms with E-state index in [1.807, 2.05) is 31.2 Å². The number of ether oxygens (including phenoxy) is 1. The zero-order chi connectivity index (χ0) is 55.1. The summed E-state index contributed by atoms with van der Waals surface area (Å²) < 4.78 is 41.9. The van der Waals surface area contributed by atoms with Crippen molar-refractivity contribution in [1.29, 1.82) is 0 Å². The smallest absolute Gasteiger partial charge is 0.417 e. The van der Waals surface area contributed by atoms with Gasteiger partial charge in [-0.1, -0.05) is 88.2 Å². The van der Waals surface area contributed by atoms with Gasteiger partial charge in [0.15, 0.2) is 37.7 Å². The van der Waals surface area contributed by atoms with Gasteiger partial charge in [-0.25, -0.2) is 4.79 Å². The number of carbonyl (C=O) groups is 8. The fourth-order valence-corrected chi connectivity index (χ4v) is 5.56. The third kappa shape index (κ3) is 22.6. The minimum Gasteiger partial charge on any atom is -0.508 e. The van der Waals surface area contributed by atoms with Gasteiger partial charge in [0.1, 0.15) is 40.8 Å². The van der Waals surface area contributed by atoms with Gasteiger partial charge in [0.25, 0.3) is 0 Å². The molecule has 73 heavy (non-hydrogen) atoms. The molecule has 0 unspecified atom stereocenters. The Morgan fingerprint density at radius 3 is 1.33 bits per heavy atom. The summed E-state index contributed by atoms with van der Waals surface area (Å²) in [4.78, 5) is 81.8. The molecule has 0 aromatic heterocycles. The van der Waals surface area contributed by atoms with E-state index in [4.69, 9.17) is 47.0 Å². The second kappa shape index (κ2) is 32.8. The van der Waals surface area contributed by atoms with Crippen LogP contribution in [0.2, 0.25) is 5.02 Å². The fourth-order valence-electron chi connectivity index (χ4n) is 5.00. The monoisotopic (exact) mass is 1090 g/mol. The number of halogens is 5. The van der Waals surface area contributed by atoms with Gasteiger partial charge in [-0.3, -0.25) is 33.6 Å². The second-order valence-corrected chi connectivity index (χ2v) is 15.1. The van der Waals surface area contributed by atoms with Crippen LogP contribution in [0.4, 0.5) is 13.2 Å². The summed E-state index contributed by atoms with van der Waals surface area (Å²) in [5, 5.41) is 53.6. The highest BCUT2D eigenvalue weighted by atomic mass is 79.9. The minimum atomic E-state index is -4.45. The lowest BCUT2D eigenvalue weighted by Gasteiger charge is -2.07. The standard InChI is InChI=1S/C8H5F3O.C8H8O3.C8H6O3.C8H8O.C7H5BrO2.C7H5ClO2.C7H6O3/c9-8(10,11)7-4-2-1-3-6(7)5-12;1-11-7-2-3-8(10)6(4-7)5-9;9-5-6-3-1-2-4-7(6)8(10)11;1-7-4-2-3-5-8(7)6-9;2*8-6-1-2-7(10)5(3-6)4-9;8-4-5-3-6(9)1-2-7(5)10/h1-5H;2-5,10H,1H3;1-5H,(H,10,11);2-6H,1H3;2*1-4,10H;1-4,9-10H. The van der Waals surface area contributed by atoms with Crippen LogP contribution in [0.25, 0.3) is 0 Å². The van der Waals surface area contributed by atoms with E-state index in [1.165, 1.54) is 86.0 Å². The number of hydrogen-bond acceptors (Lipinski definition) is 14. The molecule has 0 atom stereocenters. The first-order valence-electron chi connectivity index (χ1n) is 20.2. The second-order valence-electron chi connectivity index (χ2n) is 13.7. The van der Waals surface area contributed by atoms with Gasteiger partial charge in [-0.15, -0.1) is 0 Å². The molecule has 7 aromatic carbocycles. The Kier molecular flexibility index (Phi) is 27.9. The zero-order valence-electron chi connectivity index (χ0n) is 38.1. The molecule has 0 saturated carbocycles. The van der Waals surface area contributed by atoms with Crippen LogP contribution >= 0.6 is 27.5 Å². The molecule has 0 aliphatic rings.